The fraction of sp³-hybridized carbons (Fsp3) is 0.889. The highest BCUT2D eigenvalue weighted by molar-refractivity contribution is 7.77. The van der Waals surface area contributed by atoms with E-state index < -0.39 is 17.3 Å². The lowest BCUT2D eigenvalue weighted by Crippen LogP contribution is -2.49. The molecule has 0 spiro atoms. The van der Waals surface area contributed by atoms with E-state index in [0.717, 1.165) is 30.9 Å². The van der Waals surface area contributed by atoms with Crippen molar-refractivity contribution in [3.63, 3.8) is 0 Å². The van der Waals surface area contributed by atoms with Crippen LogP contribution in [0.15, 0.2) is 0 Å². The third-order valence-electron chi connectivity index (χ3n) is 3.11. The minimum atomic E-state index is -2.52. The van der Waals surface area contributed by atoms with Crippen LogP contribution in [-0.4, -0.2) is 39.4 Å². The molecule has 0 bridgehead atoms. The van der Waals surface area contributed by atoms with Gasteiger partial charge in [0.1, 0.15) is 0 Å². The van der Waals surface area contributed by atoms with Crippen LogP contribution in [0.1, 0.15) is 19.8 Å². The van der Waals surface area contributed by atoms with Crippen molar-refractivity contribution in [3.05, 3.63) is 0 Å². The Labute approximate surface area is 116 Å². The van der Waals surface area contributed by atoms with Gasteiger partial charge in [0.25, 0.3) is 0 Å². The molecule has 0 saturated carbocycles. The third kappa shape index (κ3) is 5.96. The van der Waals surface area contributed by atoms with Crippen molar-refractivity contribution in [2.45, 2.75) is 19.8 Å². The molecule has 18 heavy (non-hydrogen) atoms. The summed E-state index contributed by atoms with van der Waals surface area (Å²) in [6.45, 7) is 4.23. The van der Waals surface area contributed by atoms with Gasteiger partial charge in [0.15, 0.2) is 0 Å². The minimum absolute atomic E-state index is 0. The van der Waals surface area contributed by atoms with Crippen molar-refractivity contribution in [3.8, 4) is 0 Å². The number of carbonyl (C=O) groups excluding carboxylic acids is 1. The standard InChI is InChI=1S/C9H20N4O3S.ClH/c1-7(8-2-4-11-5-3-8)6-13(9(10)14)12-17(15)16;/h7-8,11-12H,2-6H2,1H3,(H2,10,14)(H,15,16);1H/p-1. The number of primary amides is 1. The van der Waals surface area contributed by atoms with E-state index >= 15 is 0 Å². The highest BCUT2D eigenvalue weighted by atomic mass is 35.5. The molecule has 1 fully saturated rings. The molecule has 7 nitrogen and oxygen atoms in total. The number of carbonyl (C=O) groups is 1. The van der Waals surface area contributed by atoms with Gasteiger partial charge in [-0.1, -0.05) is 6.92 Å². The Bertz CT molecular complexity index is 289. The molecule has 2 unspecified atom stereocenters. The molecule has 0 aromatic rings. The van der Waals surface area contributed by atoms with Crippen LogP contribution in [0.4, 0.5) is 4.79 Å². The number of nitrogens with two attached hydrogens (primary N) is 1. The van der Waals surface area contributed by atoms with Crippen molar-refractivity contribution in [2.24, 2.45) is 17.6 Å². The fourth-order valence-electron chi connectivity index (χ4n) is 2.11. The van der Waals surface area contributed by atoms with Crippen LogP contribution in [0.3, 0.4) is 0 Å². The van der Waals surface area contributed by atoms with E-state index in [2.05, 4.69) is 5.32 Å². The number of nitrogens with zero attached hydrogens (tertiary/aromatic N) is 1. The Hall–Kier alpha value is -0.410. The van der Waals surface area contributed by atoms with E-state index in [1.54, 1.807) is 0 Å². The van der Waals surface area contributed by atoms with E-state index in [0.29, 0.717) is 12.5 Å². The predicted octanol–water partition coefficient (Wildman–Crippen LogP) is -0.277. The molecule has 0 aliphatic carbocycles. The van der Waals surface area contributed by atoms with Gasteiger partial charge in [-0.2, -0.15) is 4.83 Å². The Morgan fingerprint density at radius 3 is 2.61 bits per heavy atom. The summed E-state index contributed by atoms with van der Waals surface area (Å²) in [6.07, 6.45) is 2.07. The topological polar surface area (TPSA) is 111 Å². The van der Waals surface area contributed by atoms with E-state index in [9.17, 15) is 13.6 Å². The number of halogens is 1. The molecule has 0 radical (unpaired) electrons. The first kappa shape index (κ1) is 17.6. The van der Waals surface area contributed by atoms with Gasteiger partial charge in [-0.15, -0.1) is 12.4 Å². The number of hydrogen-bond donors (Lipinski definition) is 3. The molecule has 1 aliphatic heterocycles. The van der Waals surface area contributed by atoms with Crippen molar-refractivity contribution < 1.29 is 13.6 Å². The summed E-state index contributed by atoms with van der Waals surface area (Å²) in [5.41, 5.74) is 5.10. The molecular formula is C9H20ClN4O3S-. The van der Waals surface area contributed by atoms with Crippen LogP contribution in [-0.2, 0) is 11.3 Å². The second-order valence-electron chi connectivity index (χ2n) is 4.34. The Kier molecular flexibility index (Phi) is 8.45. The summed E-state index contributed by atoms with van der Waals surface area (Å²) >= 11 is -2.52. The lowest BCUT2D eigenvalue weighted by atomic mass is 9.86. The van der Waals surface area contributed by atoms with Crippen LogP contribution in [0.2, 0.25) is 0 Å². The minimum Gasteiger partial charge on any atom is -0.759 e. The average molecular weight is 300 g/mol. The van der Waals surface area contributed by atoms with E-state index in [4.69, 9.17) is 5.73 Å². The average Bonchev–Trinajstić information content (AvgIpc) is 2.28. The normalized spacial score (nSPS) is 19.7. The Morgan fingerprint density at radius 2 is 2.17 bits per heavy atom. The molecule has 0 aromatic carbocycles. The molecule has 1 heterocycles. The molecule has 2 atom stereocenters. The van der Waals surface area contributed by atoms with E-state index in [1.807, 2.05) is 11.8 Å². The van der Waals surface area contributed by atoms with Gasteiger partial charge >= 0.3 is 6.03 Å². The number of urea groups is 1. The summed E-state index contributed by atoms with van der Waals surface area (Å²) in [5, 5.41) is 4.20. The second-order valence-corrected chi connectivity index (χ2v) is 4.99. The van der Waals surface area contributed by atoms with Gasteiger partial charge < -0.3 is 15.6 Å². The quantitative estimate of drug-likeness (QED) is 0.479. The molecular weight excluding hydrogens is 280 g/mol. The van der Waals surface area contributed by atoms with E-state index in [1.165, 1.54) is 0 Å². The maximum absolute atomic E-state index is 11.1. The number of nitrogens with one attached hydrogen (secondary N) is 2. The maximum atomic E-state index is 11.1. The van der Waals surface area contributed by atoms with Crippen molar-refractivity contribution in [1.82, 2.24) is 15.2 Å². The summed E-state index contributed by atoms with van der Waals surface area (Å²) in [4.78, 5) is 13.1. The van der Waals surface area contributed by atoms with Gasteiger partial charge in [-0.05, 0) is 37.8 Å². The highest BCUT2D eigenvalue weighted by Gasteiger charge is 2.23. The fourth-order valence-corrected chi connectivity index (χ4v) is 2.46. The molecule has 2 amide bonds. The highest BCUT2D eigenvalue weighted by Crippen LogP contribution is 2.22. The van der Waals surface area contributed by atoms with Crippen molar-refractivity contribution in [1.29, 1.82) is 0 Å². The first-order chi connectivity index (χ1) is 8.00. The molecule has 1 aliphatic rings. The molecule has 9 heteroatoms. The SMILES string of the molecule is CC(CN(NS(=O)[O-])C(N)=O)C1CCNCC1.Cl. The second kappa shape index (κ2) is 8.65. The zero-order chi connectivity index (χ0) is 12.8. The van der Waals surface area contributed by atoms with Crippen LogP contribution in [0, 0.1) is 11.8 Å². The number of rotatable bonds is 5. The third-order valence-corrected chi connectivity index (χ3v) is 3.48. The molecule has 0 aromatic heterocycles. The predicted molar refractivity (Wildman–Crippen MR) is 70.4 cm³/mol. The summed E-state index contributed by atoms with van der Waals surface area (Å²) < 4.78 is 21.0. The van der Waals surface area contributed by atoms with Crippen LogP contribution in [0.5, 0.6) is 0 Å². The zero-order valence-corrected chi connectivity index (χ0v) is 11.9. The summed E-state index contributed by atoms with van der Waals surface area (Å²) in [5.74, 6) is 0.695. The Morgan fingerprint density at radius 1 is 1.61 bits per heavy atom. The van der Waals surface area contributed by atoms with Crippen LogP contribution in [0.25, 0.3) is 0 Å². The number of hydrazine groups is 1. The monoisotopic (exact) mass is 299 g/mol. The lowest BCUT2D eigenvalue weighted by Gasteiger charge is -2.32. The van der Waals surface area contributed by atoms with Gasteiger partial charge in [0, 0.05) is 17.8 Å². The first-order valence-electron chi connectivity index (χ1n) is 5.64. The van der Waals surface area contributed by atoms with Crippen LogP contribution < -0.4 is 15.9 Å². The summed E-state index contributed by atoms with van der Waals surface area (Å²) in [7, 11) is 0. The maximum Gasteiger partial charge on any atom is 0.329 e. The first-order valence-corrected chi connectivity index (χ1v) is 6.71. The number of amides is 2. The van der Waals surface area contributed by atoms with E-state index in [-0.39, 0.29) is 18.3 Å². The molecule has 4 N–H and O–H groups in total. The van der Waals surface area contributed by atoms with Crippen molar-refractivity contribution in [2.75, 3.05) is 19.6 Å². The molecule has 108 valence electrons. The smallest absolute Gasteiger partial charge is 0.329 e. The zero-order valence-electron chi connectivity index (χ0n) is 10.3. The largest absolute Gasteiger partial charge is 0.759 e. The lowest BCUT2D eigenvalue weighted by molar-refractivity contribution is 0.164. The number of piperidine rings is 1. The van der Waals surface area contributed by atoms with Crippen molar-refractivity contribution >= 4 is 29.7 Å². The van der Waals surface area contributed by atoms with Crippen LogP contribution >= 0.6 is 12.4 Å². The van der Waals surface area contributed by atoms with Gasteiger partial charge in [0.2, 0.25) is 0 Å². The number of hydrogen-bond acceptors (Lipinski definition) is 4. The summed E-state index contributed by atoms with van der Waals surface area (Å²) in [6, 6.07) is -0.782. The Balaban J connectivity index is 0.00000289. The molecule has 1 rings (SSSR count). The van der Waals surface area contributed by atoms with Gasteiger partial charge in [-0.25, -0.2) is 9.80 Å². The van der Waals surface area contributed by atoms with Gasteiger partial charge in [-0.3, -0.25) is 4.21 Å². The van der Waals surface area contributed by atoms with Gasteiger partial charge in [0.05, 0.1) is 0 Å². The molecule has 1 saturated heterocycles.